The maximum Gasteiger partial charge on any atom is 0.230 e. The van der Waals surface area contributed by atoms with Gasteiger partial charge < -0.3 is 10.2 Å². The number of hydrogen-bond donors (Lipinski definition) is 2. The summed E-state index contributed by atoms with van der Waals surface area (Å²) in [6.07, 6.45) is 2.82. The van der Waals surface area contributed by atoms with Crippen molar-refractivity contribution in [1.82, 2.24) is 4.98 Å². The van der Waals surface area contributed by atoms with Crippen molar-refractivity contribution < 1.29 is 9.69 Å². The van der Waals surface area contributed by atoms with E-state index in [0.717, 1.165) is 25.2 Å². The molecule has 0 spiro atoms. The number of thiazole rings is 1. The number of nitrogens with one attached hydrogen (secondary N) is 2. The molecule has 2 atom stereocenters. The number of para-hydroxylation sites is 1. The van der Waals surface area contributed by atoms with Gasteiger partial charge in [-0.05, 0) is 36.4 Å². The number of nitrogens with zero attached hydrogens (tertiary/aromatic N) is 2. The number of nitriles is 1. The van der Waals surface area contributed by atoms with Crippen LogP contribution in [0.15, 0.2) is 35.7 Å². The van der Waals surface area contributed by atoms with Gasteiger partial charge >= 0.3 is 0 Å². The zero-order valence-electron chi connectivity index (χ0n) is 14.9. The highest BCUT2D eigenvalue weighted by Gasteiger charge is 2.27. The molecule has 138 valence electrons. The van der Waals surface area contributed by atoms with Crippen LogP contribution in [0.4, 0.5) is 5.00 Å². The third kappa shape index (κ3) is 4.19. The molecular weight excluding hydrogens is 376 g/mol. The third-order valence-corrected chi connectivity index (χ3v) is 7.05. The lowest BCUT2D eigenvalue weighted by atomic mass is 9.98. The Labute approximate surface area is 166 Å². The first kappa shape index (κ1) is 18.1. The number of likely N-dealkylation sites (tertiary alicyclic amines) is 1. The Kier molecular flexibility index (Phi) is 5.48. The van der Waals surface area contributed by atoms with Crippen molar-refractivity contribution in [3.63, 3.8) is 0 Å². The highest BCUT2D eigenvalue weighted by atomic mass is 32.1. The number of carbonyl (C=O) groups is 1. The van der Waals surface area contributed by atoms with E-state index in [0.29, 0.717) is 22.9 Å². The molecule has 0 radical (unpaired) electrons. The molecule has 1 amide bonds. The van der Waals surface area contributed by atoms with Crippen LogP contribution in [-0.4, -0.2) is 30.5 Å². The average molecular weight is 398 g/mol. The summed E-state index contributed by atoms with van der Waals surface area (Å²) in [5, 5.41) is 15.6. The summed E-state index contributed by atoms with van der Waals surface area (Å²) in [6, 6.07) is 12.1. The van der Waals surface area contributed by atoms with Crippen molar-refractivity contribution in [1.29, 1.82) is 5.26 Å². The fraction of sp³-hybridized carbons (Fsp3) is 0.350. The van der Waals surface area contributed by atoms with Gasteiger partial charge in [-0.1, -0.05) is 12.1 Å². The van der Waals surface area contributed by atoms with Crippen LogP contribution in [-0.2, 0) is 4.79 Å². The zero-order valence-corrected chi connectivity index (χ0v) is 16.5. The second kappa shape index (κ2) is 8.17. The zero-order chi connectivity index (χ0) is 18.6. The van der Waals surface area contributed by atoms with E-state index in [4.69, 9.17) is 10.2 Å². The first-order valence-corrected chi connectivity index (χ1v) is 10.9. The van der Waals surface area contributed by atoms with Gasteiger partial charge in [0.15, 0.2) is 0 Å². The van der Waals surface area contributed by atoms with Crippen LogP contribution in [0.5, 0.6) is 0 Å². The lowest BCUT2D eigenvalue weighted by molar-refractivity contribution is -0.905. The first-order chi connectivity index (χ1) is 13.2. The van der Waals surface area contributed by atoms with Gasteiger partial charge in [0.2, 0.25) is 5.91 Å². The van der Waals surface area contributed by atoms with Crippen LogP contribution in [0.2, 0.25) is 0 Å². The summed E-state index contributed by atoms with van der Waals surface area (Å²) in [5.74, 6) is 0.472. The third-order valence-electron chi connectivity index (χ3n) is 5.02. The molecule has 5 nitrogen and oxygen atoms in total. The SMILES string of the molecule is N#Cc1ccsc1NC(=O)CC[NH+]1CCC[C@@H](c2nc3ccccc3s2)C1. The van der Waals surface area contributed by atoms with Gasteiger partial charge in [-0.15, -0.1) is 22.7 Å². The van der Waals surface area contributed by atoms with Crippen LogP contribution in [0.3, 0.4) is 0 Å². The summed E-state index contributed by atoms with van der Waals surface area (Å²) < 4.78 is 1.25. The summed E-state index contributed by atoms with van der Waals surface area (Å²) in [5.41, 5.74) is 1.63. The average Bonchev–Trinajstić information content (AvgIpc) is 3.33. The number of rotatable bonds is 5. The van der Waals surface area contributed by atoms with Crippen LogP contribution >= 0.6 is 22.7 Å². The Hall–Kier alpha value is -2.27. The summed E-state index contributed by atoms with van der Waals surface area (Å²) in [7, 11) is 0. The molecule has 0 aliphatic carbocycles. The predicted octanol–water partition coefficient (Wildman–Crippen LogP) is 3.02. The largest absolute Gasteiger partial charge is 0.334 e. The molecule has 1 aromatic carbocycles. The molecule has 4 rings (SSSR count). The quantitative estimate of drug-likeness (QED) is 0.695. The van der Waals surface area contributed by atoms with Gasteiger partial charge in [0, 0.05) is 0 Å². The Bertz CT molecular complexity index is 954. The normalized spacial score (nSPS) is 19.7. The molecule has 1 aliphatic rings. The Morgan fingerprint density at radius 2 is 2.26 bits per heavy atom. The second-order valence-electron chi connectivity index (χ2n) is 6.89. The number of anilines is 1. The highest BCUT2D eigenvalue weighted by molar-refractivity contribution is 7.18. The number of quaternary nitrogens is 1. The van der Waals surface area contributed by atoms with Crippen molar-refractivity contribution in [3.05, 3.63) is 46.3 Å². The van der Waals surface area contributed by atoms with E-state index in [9.17, 15) is 4.79 Å². The Morgan fingerprint density at radius 3 is 3.11 bits per heavy atom. The van der Waals surface area contributed by atoms with Crippen LogP contribution < -0.4 is 10.2 Å². The van der Waals surface area contributed by atoms with Gasteiger partial charge in [0.05, 0.1) is 47.8 Å². The molecule has 7 heteroatoms. The predicted molar refractivity (Wildman–Crippen MR) is 109 cm³/mol. The van der Waals surface area contributed by atoms with E-state index in [1.54, 1.807) is 17.4 Å². The number of benzene rings is 1. The van der Waals surface area contributed by atoms with Crippen molar-refractivity contribution >= 4 is 43.8 Å². The standard InChI is InChI=1S/C20H20N4OS2/c21-12-14-8-11-26-19(14)23-18(25)7-10-24-9-3-4-15(13-24)20-22-16-5-1-2-6-17(16)27-20/h1-2,5-6,8,11,15H,3-4,7,9-10,13H2,(H,23,25)/p+1/t15-/m1/s1. The van der Waals surface area contributed by atoms with Gasteiger partial charge in [0.25, 0.3) is 0 Å². The first-order valence-electron chi connectivity index (χ1n) is 9.19. The monoisotopic (exact) mass is 397 g/mol. The van der Waals surface area contributed by atoms with E-state index >= 15 is 0 Å². The summed E-state index contributed by atoms with van der Waals surface area (Å²) in [4.78, 5) is 18.5. The topological polar surface area (TPSA) is 70.2 Å². The van der Waals surface area contributed by atoms with Crippen LogP contribution in [0, 0.1) is 11.3 Å². The molecule has 2 N–H and O–H groups in total. The molecular formula is C20H21N4OS2+. The molecule has 1 saturated heterocycles. The van der Waals surface area contributed by atoms with Crippen LogP contribution in [0.25, 0.3) is 10.2 Å². The van der Waals surface area contributed by atoms with E-state index in [1.165, 1.54) is 38.8 Å². The number of aromatic nitrogens is 1. The summed E-state index contributed by atoms with van der Waals surface area (Å²) >= 11 is 3.20. The number of amides is 1. The minimum Gasteiger partial charge on any atom is -0.334 e. The van der Waals surface area contributed by atoms with E-state index < -0.39 is 0 Å². The number of fused-ring (bicyclic) bond motifs is 1. The molecule has 0 bridgehead atoms. The number of thiophene rings is 1. The van der Waals surface area contributed by atoms with Gasteiger partial charge in [-0.3, -0.25) is 4.79 Å². The molecule has 3 aromatic rings. The van der Waals surface area contributed by atoms with E-state index in [2.05, 4.69) is 29.6 Å². The number of carbonyl (C=O) groups excluding carboxylic acids is 1. The maximum atomic E-state index is 12.3. The van der Waals surface area contributed by atoms with Gasteiger partial charge in [-0.2, -0.15) is 5.26 Å². The highest BCUT2D eigenvalue weighted by Crippen LogP contribution is 2.30. The lowest BCUT2D eigenvalue weighted by Crippen LogP contribution is -3.13. The van der Waals surface area contributed by atoms with Crippen LogP contribution in [0.1, 0.15) is 35.8 Å². The minimum atomic E-state index is -0.0106. The molecule has 3 heterocycles. The van der Waals surface area contributed by atoms with Gasteiger partial charge in [0.1, 0.15) is 16.1 Å². The van der Waals surface area contributed by atoms with Crippen molar-refractivity contribution in [2.45, 2.75) is 25.2 Å². The molecule has 1 fully saturated rings. The Morgan fingerprint density at radius 1 is 1.37 bits per heavy atom. The second-order valence-corrected chi connectivity index (χ2v) is 8.86. The molecule has 27 heavy (non-hydrogen) atoms. The number of piperidine rings is 1. The maximum absolute atomic E-state index is 12.3. The minimum absolute atomic E-state index is 0.0106. The molecule has 0 saturated carbocycles. The summed E-state index contributed by atoms with van der Waals surface area (Å²) in [6.45, 7) is 2.97. The molecule has 2 aromatic heterocycles. The number of hydrogen-bond acceptors (Lipinski definition) is 5. The van der Waals surface area contributed by atoms with Gasteiger partial charge in [-0.25, -0.2) is 4.98 Å². The van der Waals surface area contributed by atoms with E-state index in [1.807, 2.05) is 11.4 Å². The van der Waals surface area contributed by atoms with E-state index in [-0.39, 0.29) is 5.91 Å². The van der Waals surface area contributed by atoms with Crippen molar-refractivity contribution in [2.24, 2.45) is 0 Å². The fourth-order valence-electron chi connectivity index (χ4n) is 3.63. The Balaban J connectivity index is 1.33. The van der Waals surface area contributed by atoms with Crippen molar-refractivity contribution in [3.8, 4) is 6.07 Å². The van der Waals surface area contributed by atoms with Crippen molar-refractivity contribution in [2.75, 3.05) is 25.0 Å². The smallest absolute Gasteiger partial charge is 0.230 e. The molecule has 1 aliphatic heterocycles. The fourth-order valence-corrected chi connectivity index (χ4v) is 5.48. The lowest BCUT2D eigenvalue weighted by Gasteiger charge is -2.28. The molecule has 1 unspecified atom stereocenters.